The fraction of sp³-hybridized carbons (Fsp3) is 0.500. The van der Waals surface area contributed by atoms with Crippen molar-refractivity contribution in [1.29, 1.82) is 0 Å². The van der Waals surface area contributed by atoms with Crippen molar-refractivity contribution in [3.05, 3.63) is 29.8 Å². The van der Waals surface area contributed by atoms with Gasteiger partial charge in [-0.05, 0) is 25.0 Å². The number of nitrogens with zero attached hydrogens (tertiary/aromatic N) is 1. The van der Waals surface area contributed by atoms with Gasteiger partial charge in [-0.2, -0.15) is 0 Å². The summed E-state index contributed by atoms with van der Waals surface area (Å²) >= 11 is 0. The Morgan fingerprint density at radius 1 is 1.33 bits per heavy atom. The van der Waals surface area contributed by atoms with Crippen LogP contribution >= 0.6 is 0 Å². The summed E-state index contributed by atoms with van der Waals surface area (Å²) in [4.78, 5) is 25.1. The van der Waals surface area contributed by atoms with Crippen LogP contribution in [0.5, 0.6) is 5.75 Å². The standard InChI is InChI=1S/C16H23NO4/c1-5-10-17(12(2)18)16(3,15(19)20)11-13-8-6-7-9-14(13)21-4/h6-9H,5,10-11H2,1-4H3,(H,19,20). The van der Waals surface area contributed by atoms with Crippen LogP contribution in [0.1, 0.15) is 32.8 Å². The fourth-order valence-corrected chi connectivity index (χ4v) is 2.48. The van der Waals surface area contributed by atoms with E-state index in [1.54, 1.807) is 20.1 Å². The number of para-hydroxylation sites is 1. The summed E-state index contributed by atoms with van der Waals surface area (Å²) in [5.41, 5.74) is -0.525. The van der Waals surface area contributed by atoms with Gasteiger partial charge in [0, 0.05) is 19.9 Å². The number of hydrogen-bond donors (Lipinski definition) is 1. The van der Waals surface area contributed by atoms with Gasteiger partial charge in [0.1, 0.15) is 11.3 Å². The van der Waals surface area contributed by atoms with E-state index in [4.69, 9.17) is 4.74 Å². The van der Waals surface area contributed by atoms with Crippen molar-refractivity contribution < 1.29 is 19.4 Å². The van der Waals surface area contributed by atoms with E-state index in [-0.39, 0.29) is 12.3 Å². The number of benzene rings is 1. The summed E-state index contributed by atoms with van der Waals surface area (Å²) in [5.74, 6) is -0.626. The lowest BCUT2D eigenvalue weighted by molar-refractivity contribution is -0.157. The SMILES string of the molecule is CCCN(C(C)=O)C(C)(Cc1ccccc1OC)C(=O)O. The van der Waals surface area contributed by atoms with E-state index >= 15 is 0 Å². The molecule has 116 valence electrons. The highest BCUT2D eigenvalue weighted by Gasteiger charge is 2.41. The minimum Gasteiger partial charge on any atom is -0.496 e. The number of ether oxygens (including phenoxy) is 1. The van der Waals surface area contributed by atoms with Crippen LogP contribution in [0, 0.1) is 0 Å². The minimum atomic E-state index is -1.30. The van der Waals surface area contributed by atoms with Crippen molar-refractivity contribution in [2.24, 2.45) is 0 Å². The van der Waals surface area contributed by atoms with Gasteiger partial charge in [-0.1, -0.05) is 25.1 Å². The van der Waals surface area contributed by atoms with Gasteiger partial charge in [-0.3, -0.25) is 4.79 Å². The topological polar surface area (TPSA) is 66.8 Å². The van der Waals surface area contributed by atoms with Gasteiger partial charge < -0.3 is 14.7 Å². The van der Waals surface area contributed by atoms with E-state index < -0.39 is 11.5 Å². The van der Waals surface area contributed by atoms with Crippen molar-refractivity contribution >= 4 is 11.9 Å². The molecule has 1 aromatic carbocycles. The molecule has 0 heterocycles. The van der Waals surface area contributed by atoms with Gasteiger partial charge >= 0.3 is 5.97 Å². The number of amides is 1. The van der Waals surface area contributed by atoms with Gasteiger partial charge in [0.2, 0.25) is 5.91 Å². The first-order valence-electron chi connectivity index (χ1n) is 7.00. The summed E-state index contributed by atoms with van der Waals surface area (Å²) in [6.07, 6.45) is 0.903. The Balaban J connectivity index is 3.21. The zero-order chi connectivity index (χ0) is 16.0. The Morgan fingerprint density at radius 3 is 2.43 bits per heavy atom. The number of methoxy groups -OCH3 is 1. The molecule has 1 N–H and O–H groups in total. The Kier molecular flexibility index (Phi) is 5.76. The third kappa shape index (κ3) is 3.74. The molecule has 5 heteroatoms. The van der Waals surface area contributed by atoms with E-state index in [2.05, 4.69) is 0 Å². The third-order valence-corrected chi connectivity index (χ3v) is 3.61. The van der Waals surface area contributed by atoms with Crippen molar-refractivity contribution in [2.45, 2.75) is 39.2 Å². The van der Waals surface area contributed by atoms with E-state index in [0.717, 1.165) is 5.56 Å². The van der Waals surface area contributed by atoms with E-state index in [0.29, 0.717) is 18.7 Å². The average molecular weight is 293 g/mol. The van der Waals surface area contributed by atoms with Crippen LogP contribution in [0.15, 0.2) is 24.3 Å². The Hall–Kier alpha value is -2.04. The normalized spacial score (nSPS) is 13.3. The third-order valence-electron chi connectivity index (χ3n) is 3.61. The van der Waals surface area contributed by atoms with Crippen molar-refractivity contribution in [3.63, 3.8) is 0 Å². The van der Waals surface area contributed by atoms with Crippen LogP contribution in [0.3, 0.4) is 0 Å². The molecular weight excluding hydrogens is 270 g/mol. The second-order valence-corrected chi connectivity index (χ2v) is 5.24. The van der Waals surface area contributed by atoms with E-state index in [1.807, 2.05) is 25.1 Å². The van der Waals surface area contributed by atoms with Crippen LogP contribution < -0.4 is 4.74 Å². The molecule has 1 atom stereocenters. The smallest absolute Gasteiger partial charge is 0.329 e. The molecule has 5 nitrogen and oxygen atoms in total. The van der Waals surface area contributed by atoms with Crippen LogP contribution in [0.2, 0.25) is 0 Å². The zero-order valence-corrected chi connectivity index (χ0v) is 13.0. The van der Waals surface area contributed by atoms with Crippen molar-refractivity contribution in [1.82, 2.24) is 4.90 Å². The molecule has 0 saturated heterocycles. The molecule has 0 fully saturated rings. The summed E-state index contributed by atoms with van der Waals surface area (Å²) in [7, 11) is 1.55. The number of carboxylic acid groups (broad SMARTS) is 1. The Bertz CT molecular complexity index is 515. The summed E-state index contributed by atoms with van der Waals surface area (Å²) < 4.78 is 5.27. The van der Waals surface area contributed by atoms with E-state index in [9.17, 15) is 14.7 Å². The average Bonchev–Trinajstić information content (AvgIpc) is 2.44. The van der Waals surface area contributed by atoms with Crippen LogP contribution in [0.25, 0.3) is 0 Å². The van der Waals surface area contributed by atoms with Gasteiger partial charge in [0.05, 0.1) is 7.11 Å². The first-order valence-corrected chi connectivity index (χ1v) is 7.00. The molecular formula is C16H23NO4. The lowest BCUT2D eigenvalue weighted by Gasteiger charge is -2.37. The number of carboxylic acids is 1. The molecule has 0 radical (unpaired) electrons. The quantitative estimate of drug-likeness (QED) is 0.838. The van der Waals surface area contributed by atoms with Gasteiger partial charge in [0.25, 0.3) is 0 Å². The Morgan fingerprint density at radius 2 is 1.95 bits per heavy atom. The van der Waals surface area contributed by atoms with Crippen LogP contribution in [0.4, 0.5) is 0 Å². The lowest BCUT2D eigenvalue weighted by atomic mass is 9.90. The highest BCUT2D eigenvalue weighted by Crippen LogP contribution is 2.27. The van der Waals surface area contributed by atoms with Gasteiger partial charge in [0.15, 0.2) is 0 Å². The summed E-state index contributed by atoms with van der Waals surface area (Å²) in [5, 5.41) is 9.67. The highest BCUT2D eigenvalue weighted by molar-refractivity contribution is 5.86. The molecule has 0 bridgehead atoms. The van der Waals surface area contributed by atoms with Crippen molar-refractivity contribution in [3.8, 4) is 5.75 Å². The fourth-order valence-electron chi connectivity index (χ4n) is 2.48. The van der Waals surface area contributed by atoms with Crippen LogP contribution in [-0.2, 0) is 16.0 Å². The maximum absolute atomic E-state index is 11.9. The van der Waals surface area contributed by atoms with Crippen molar-refractivity contribution in [2.75, 3.05) is 13.7 Å². The summed E-state index contributed by atoms with van der Waals surface area (Å²) in [6, 6.07) is 7.27. The van der Waals surface area contributed by atoms with Gasteiger partial charge in [-0.25, -0.2) is 4.79 Å². The second-order valence-electron chi connectivity index (χ2n) is 5.24. The molecule has 0 aliphatic heterocycles. The summed E-state index contributed by atoms with van der Waals surface area (Å²) in [6.45, 7) is 5.31. The maximum Gasteiger partial charge on any atom is 0.329 e. The molecule has 0 saturated carbocycles. The highest BCUT2D eigenvalue weighted by atomic mass is 16.5. The van der Waals surface area contributed by atoms with E-state index in [1.165, 1.54) is 11.8 Å². The van der Waals surface area contributed by atoms with Gasteiger partial charge in [-0.15, -0.1) is 0 Å². The molecule has 0 aliphatic rings. The second kappa shape index (κ2) is 7.11. The molecule has 0 aliphatic carbocycles. The molecule has 21 heavy (non-hydrogen) atoms. The molecule has 0 spiro atoms. The molecule has 1 aromatic rings. The molecule has 0 aromatic heterocycles. The molecule has 1 rings (SSSR count). The number of carbonyl (C=O) groups is 2. The minimum absolute atomic E-state index is 0.200. The largest absolute Gasteiger partial charge is 0.496 e. The molecule has 1 unspecified atom stereocenters. The zero-order valence-electron chi connectivity index (χ0n) is 13.0. The van der Waals surface area contributed by atoms with Crippen LogP contribution in [-0.4, -0.2) is 41.1 Å². The maximum atomic E-state index is 11.9. The monoisotopic (exact) mass is 293 g/mol. The predicted octanol–water partition coefficient (Wildman–Crippen LogP) is 2.34. The predicted molar refractivity (Wildman–Crippen MR) is 80.4 cm³/mol. The number of hydrogen-bond acceptors (Lipinski definition) is 3. The number of carbonyl (C=O) groups excluding carboxylic acids is 1. The Labute approximate surface area is 125 Å². The first kappa shape index (κ1) is 17.0. The number of rotatable bonds is 7. The molecule has 1 amide bonds. The lowest BCUT2D eigenvalue weighted by Crippen LogP contribution is -2.56. The first-order chi connectivity index (χ1) is 9.86. The number of aliphatic carboxylic acids is 1.